The smallest absolute Gasteiger partial charge is 0.191 e. The van der Waals surface area contributed by atoms with Gasteiger partial charge in [0.2, 0.25) is 0 Å². The van der Waals surface area contributed by atoms with Crippen LogP contribution in [0.5, 0.6) is 0 Å². The summed E-state index contributed by atoms with van der Waals surface area (Å²) in [5.41, 5.74) is 0.991. The third kappa shape index (κ3) is 5.30. The van der Waals surface area contributed by atoms with Crippen LogP contribution in [0.4, 0.5) is 4.39 Å². The van der Waals surface area contributed by atoms with Crippen LogP contribution in [0.15, 0.2) is 29.3 Å². The Bertz CT molecular complexity index is 499. The van der Waals surface area contributed by atoms with Crippen molar-refractivity contribution in [2.75, 3.05) is 27.2 Å². The molecule has 1 unspecified atom stereocenters. The Morgan fingerprint density at radius 2 is 2.18 bits per heavy atom. The first kappa shape index (κ1) is 16.7. The molecular weight excluding hydrogens is 279 g/mol. The Kier molecular flexibility index (Phi) is 6.19. The number of halogens is 1. The van der Waals surface area contributed by atoms with Crippen LogP contribution in [0.2, 0.25) is 0 Å². The fraction of sp³-hybridized carbons (Fsp3) is 0.588. The second-order valence-corrected chi connectivity index (χ2v) is 6.01. The summed E-state index contributed by atoms with van der Waals surface area (Å²) in [6.07, 6.45) is 3.42. The summed E-state index contributed by atoms with van der Waals surface area (Å²) < 4.78 is 13.1. The van der Waals surface area contributed by atoms with Crippen molar-refractivity contribution in [3.05, 3.63) is 35.6 Å². The lowest BCUT2D eigenvalue weighted by molar-refractivity contribution is 0.247. The maximum Gasteiger partial charge on any atom is 0.191 e. The number of nitrogens with zero attached hydrogens (tertiary/aromatic N) is 2. The monoisotopic (exact) mass is 306 g/mol. The average molecular weight is 306 g/mol. The lowest BCUT2D eigenvalue weighted by Gasteiger charge is -2.25. The van der Waals surface area contributed by atoms with E-state index in [1.54, 1.807) is 19.2 Å². The molecule has 0 aliphatic heterocycles. The molecule has 5 heteroatoms. The molecule has 122 valence electrons. The Labute approximate surface area is 132 Å². The van der Waals surface area contributed by atoms with E-state index in [2.05, 4.69) is 34.5 Å². The zero-order valence-corrected chi connectivity index (χ0v) is 13.8. The molecule has 1 aliphatic carbocycles. The minimum atomic E-state index is -0.183. The highest BCUT2D eigenvalue weighted by Gasteiger charge is 2.28. The molecule has 0 heterocycles. The van der Waals surface area contributed by atoms with Gasteiger partial charge in [-0.25, -0.2) is 4.39 Å². The van der Waals surface area contributed by atoms with Gasteiger partial charge in [0.15, 0.2) is 5.96 Å². The van der Waals surface area contributed by atoms with Gasteiger partial charge in [-0.3, -0.25) is 9.89 Å². The quantitative estimate of drug-likeness (QED) is 0.598. The fourth-order valence-corrected chi connectivity index (χ4v) is 2.47. The molecule has 0 bridgehead atoms. The first-order chi connectivity index (χ1) is 10.6. The Morgan fingerprint density at radius 1 is 1.41 bits per heavy atom. The third-order valence-corrected chi connectivity index (χ3v) is 4.20. The van der Waals surface area contributed by atoms with Crippen molar-refractivity contribution in [3.8, 4) is 0 Å². The van der Waals surface area contributed by atoms with E-state index in [4.69, 9.17) is 0 Å². The van der Waals surface area contributed by atoms with Crippen molar-refractivity contribution in [2.45, 2.75) is 38.3 Å². The zero-order valence-electron chi connectivity index (χ0n) is 13.8. The van der Waals surface area contributed by atoms with Crippen molar-refractivity contribution in [1.82, 2.24) is 15.5 Å². The predicted molar refractivity (Wildman–Crippen MR) is 89.7 cm³/mol. The van der Waals surface area contributed by atoms with Gasteiger partial charge in [0.25, 0.3) is 0 Å². The molecule has 2 N–H and O–H groups in total. The van der Waals surface area contributed by atoms with Gasteiger partial charge in [0.1, 0.15) is 5.82 Å². The van der Waals surface area contributed by atoms with E-state index in [-0.39, 0.29) is 5.82 Å². The van der Waals surface area contributed by atoms with Crippen molar-refractivity contribution in [1.29, 1.82) is 0 Å². The number of hydrogen-bond acceptors (Lipinski definition) is 2. The Hall–Kier alpha value is -1.62. The van der Waals surface area contributed by atoms with Gasteiger partial charge >= 0.3 is 0 Å². The first-order valence-electron chi connectivity index (χ1n) is 8.01. The summed E-state index contributed by atoms with van der Waals surface area (Å²) in [6.45, 7) is 3.83. The van der Waals surface area contributed by atoms with Gasteiger partial charge in [-0.05, 0) is 50.9 Å². The summed E-state index contributed by atoms with van der Waals surface area (Å²) in [6, 6.07) is 7.97. The van der Waals surface area contributed by atoms with E-state index in [9.17, 15) is 4.39 Å². The number of guanidine groups is 1. The van der Waals surface area contributed by atoms with Gasteiger partial charge in [0.05, 0.1) is 0 Å². The molecule has 0 saturated heterocycles. The highest BCUT2D eigenvalue weighted by molar-refractivity contribution is 5.79. The second-order valence-electron chi connectivity index (χ2n) is 6.01. The first-order valence-corrected chi connectivity index (χ1v) is 8.01. The van der Waals surface area contributed by atoms with Crippen molar-refractivity contribution >= 4 is 5.96 Å². The van der Waals surface area contributed by atoms with Gasteiger partial charge in [0, 0.05) is 32.2 Å². The van der Waals surface area contributed by atoms with Crippen LogP contribution >= 0.6 is 0 Å². The van der Waals surface area contributed by atoms with Gasteiger partial charge in [-0.2, -0.15) is 0 Å². The number of hydrogen-bond donors (Lipinski definition) is 2. The number of likely N-dealkylation sites (N-methyl/N-ethyl adjacent to an activating group) is 1. The fourth-order valence-electron chi connectivity index (χ4n) is 2.47. The highest BCUT2D eigenvalue weighted by atomic mass is 19.1. The molecule has 0 spiro atoms. The zero-order chi connectivity index (χ0) is 15.9. The molecule has 0 amide bonds. The van der Waals surface area contributed by atoms with E-state index >= 15 is 0 Å². The summed E-state index contributed by atoms with van der Waals surface area (Å²) in [4.78, 5) is 6.65. The van der Waals surface area contributed by atoms with Crippen LogP contribution in [0.3, 0.4) is 0 Å². The average Bonchev–Trinajstić information content (AvgIpc) is 3.34. The van der Waals surface area contributed by atoms with Crippen LogP contribution in [0.25, 0.3) is 0 Å². The second kappa shape index (κ2) is 8.13. The summed E-state index contributed by atoms with van der Waals surface area (Å²) in [5.74, 6) is 0.615. The van der Waals surface area contributed by atoms with Crippen molar-refractivity contribution in [3.63, 3.8) is 0 Å². The molecule has 22 heavy (non-hydrogen) atoms. The predicted octanol–water partition coefficient (Wildman–Crippen LogP) is 2.02. The number of nitrogens with one attached hydrogen (secondary N) is 2. The Morgan fingerprint density at radius 3 is 2.82 bits per heavy atom. The molecule has 1 fully saturated rings. The molecule has 1 aromatic rings. The summed E-state index contributed by atoms with van der Waals surface area (Å²) in [5, 5.41) is 6.63. The minimum absolute atomic E-state index is 0.183. The minimum Gasteiger partial charge on any atom is -0.356 e. The summed E-state index contributed by atoms with van der Waals surface area (Å²) in [7, 11) is 3.96. The number of aliphatic imine (C=N–C) groups is 1. The van der Waals surface area contributed by atoms with Crippen molar-refractivity contribution < 1.29 is 4.39 Å². The van der Waals surface area contributed by atoms with Crippen LogP contribution in [0.1, 0.15) is 25.3 Å². The van der Waals surface area contributed by atoms with Crippen LogP contribution in [-0.4, -0.2) is 50.1 Å². The lowest BCUT2D eigenvalue weighted by atomic mass is 10.1. The SMILES string of the molecule is CN=C(NCCc1cccc(F)c1)NCC(C)N(C)C1CC1. The van der Waals surface area contributed by atoms with Gasteiger partial charge < -0.3 is 10.6 Å². The molecular formula is C17H27FN4. The van der Waals surface area contributed by atoms with Gasteiger partial charge in [-0.15, -0.1) is 0 Å². The van der Waals surface area contributed by atoms with E-state index < -0.39 is 0 Å². The molecule has 4 nitrogen and oxygen atoms in total. The van der Waals surface area contributed by atoms with E-state index in [0.717, 1.165) is 37.1 Å². The number of benzene rings is 1. The summed E-state index contributed by atoms with van der Waals surface area (Å²) >= 11 is 0. The van der Waals surface area contributed by atoms with Crippen LogP contribution < -0.4 is 10.6 Å². The van der Waals surface area contributed by atoms with Crippen molar-refractivity contribution in [2.24, 2.45) is 4.99 Å². The molecule has 0 aromatic heterocycles. The normalized spacial score (nSPS) is 16.7. The number of rotatable bonds is 7. The van der Waals surface area contributed by atoms with Crippen LogP contribution in [0, 0.1) is 5.82 Å². The topological polar surface area (TPSA) is 39.7 Å². The lowest BCUT2D eigenvalue weighted by Crippen LogP contribution is -2.45. The Balaban J connectivity index is 1.68. The maximum absolute atomic E-state index is 13.1. The van der Waals surface area contributed by atoms with Gasteiger partial charge in [-0.1, -0.05) is 12.1 Å². The van der Waals surface area contributed by atoms with E-state index in [1.807, 2.05) is 6.07 Å². The standard InChI is InChI=1S/C17H27FN4/c1-13(22(3)16-7-8-16)12-21-17(19-2)20-10-9-14-5-4-6-15(18)11-14/h4-6,11,13,16H,7-10,12H2,1-3H3,(H2,19,20,21). The molecule has 1 atom stereocenters. The molecule has 1 saturated carbocycles. The highest BCUT2D eigenvalue weighted by Crippen LogP contribution is 2.26. The molecule has 1 aromatic carbocycles. The molecule has 0 radical (unpaired) electrons. The third-order valence-electron chi connectivity index (χ3n) is 4.20. The van der Waals surface area contributed by atoms with E-state index in [0.29, 0.717) is 6.04 Å². The molecule has 2 rings (SSSR count). The molecule has 1 aliphatic rings. The van der Waals surface area contributed by atoms with Crippen LogP contribution in [-0.2, 0) is 6.42 Å². The maximum atomic E-state index is 13.1. The van der Waals surface area contributed by atoms with E-state index in [1.165, 1.54) is 18.9 Å². The largest absolute Gasteiger partial charge is 0.356 e.